The molecule has 0 aliphatic rings. The maximum atomic E-state index is 11.7. The summed E-state index contributed by atoms with van der Waals surface area (Å²) < 4.78 is 18.0. The lowest BCUT2D eigenvalue weighted by Gasteiger charge is -2.20. The molecule has 1 N–H and O–H groups in total. The normalized spacial score (nSPS) is 11.3. The lowest BCUT2D eigenvalue weighted by atomic mass is 10.0. The molecular formula is C34H28ClN3O5. The highest BCUT2D eigenvalue weighted by Gasteiger charge is 2.17. The van der Waals surface area contributed by atoms with Crippen molar-refractivity contribution in [3.8, 4) is 28.5 Å². The molecule has 2 heterocycles. The van der Waals surface area contributed by atoms with E-state index < -0.39 is 5.63 Å². The van der Waals surface area contributed by atoms with E-state index in [-0.39, 0.29) is 13.2 Å². The molecule has 8 nitrogen and oxygen atoms in total. The highest BCUT2D eigenvalue weighted by atomic mass is 35.5. The van der Waals surface area contributed by atoms with Crippen molar-refractivity contribution in [1.82, 2.24) is 14.9 Å². The van der Waals surface area contributed by atoms with Crippen molar-refractivity contribution in [1.29, 1.82) is 0 Å². The molecule has 0 bridgehead atoms. The number of aromatic nitrogens is 2. The molecule has 4 aromatic carbocycles. The van der Waals surface area contributed by atoms with Crippen molar-refractivity contribution in [3.05, 3.63) is 124 Å². The first-order chi connectivity index (χ1) is 21.0. The van der Waals surface area contributed by atoms with E-state index in [1.807, 2.05) is 72.6 Å². The summed E-state index contributed by atoms with van der Waals surface area (Å²) in [4.78, 5) is 22.7. The van der Waals surface area contributed by atoms with Crippen LogP contribution in [0.15, 0.2) is 107 Å². The second-order valence-electron chi connectivity index (χ2n) is 10.1. The Kier molecular flexibility index (Phi) is 8.33. The number of hydrogen-bond donors (Lipinski definition) is 1. The van der Waals surface area contributed by atoms with Crippen LogP contribution in [0.1, 0.15) is 11.1 Å². The smallest absolute Gasteiger partial charge is 0.336 e. The summed E-state index contributed by atoms with van der Waals surface area (Å²) in [5.41, 5.74) is 4.49. The van der Waals surface area contributed by atoms with Crippen molar-refractivity contribution in [2.45, 2.75) is 13.2 Å². The van der Waals surface area contributed by atoms with Crippen LogP contribution in [0.25, 0.3) is 33.0 Å². The molecule has 0 saturated heterocycles. The third-order valence-corrected chi connectivity index (χ3v) is 7.33. The maximum absolute atomic E-state index is 11.7. The van der Waals surface area contributed by atoms with E-state index in [1.54, 1.807) is 24.3 Å². The first-order valence-electron chi connectivity index (χ1n) is 13.7. The second-order valence-corrected chi connectivity index (χ2v) is 10.5. The molecule has 0 atom stereocenters. The number of para-hydroxylation sites is 1. The minimum Gasteiger partial charge on any atom is -0.488 e. The van der Waals surface area contributed by atoms with Crippen LogP contribution in [-0.2, 0) is 13.2 Å². The predicted molar refractivity (Wildman–Crippen MR) is 167 cm³/mol. The summed E-state index contributed by atoms with van der Waals surface area (Å²) in [5, 5.41) is 11.4. The molecule has 0 spiro atoms. The number of nitrogens with zero attached hydrogens (tertiary/aromatic N) is 3. The SMILES string of the molecule is CN(CCO)Cc1cc(Cl)c(Oc2ncnc3c(-c4ccccc4)cccc23)cc1OCc1ccc2ccc(=O)oc2c1. The van der Waals surface area contributed by atoms with Crippen molar-refractivity contribution in [2.75, 3.05) is 20.2 Å². The fourth-order valence-corrected chi connectivity index (χ4v) is 5.13. The van der Waals surface area contributed by atoms with Gasteiger partial charge in [-0.1, -0.05) is 66.2 Å². The average molecular weight is 594 g/mol. The van der Waals surface area contributed by atoms with Crippen LogP contribution in [0, 0.1) is 0 Å². The van der Waals surface area contributed by atoms with Gasteiger partial charge in [-0.2, -0.15) is 0 Å². The Morgan fingerprint density at radius 2 is 1.77 bits per heavy atom. The van der Waals surface area contributed by atoms with E-state index in [9.17, 15) is 9.90 Å². The number of aliphatic hydroxyl groups is 1. The third-order valence-electron chi connectivity index (χ3n) is 7.04. The summed E-state index contributed by atoms with van der Waals surface area (Å²) in [7, 11) is 1.90. The molecule has 0 aliphatic heterocycles. The van der Waals surface area contributed by atoms with Gasteiger partial charge < -0.3 is 19.0 Å². The molecule has 216 valence electrons. The van der Waals surface area contributed by atoms with Gasteiger partial charge in [0.2, 0.25) is 5.88 Å². The molecule has 6 aromatic rings. The highest BCUT2D eigenvalue weighted by Crippen LogP contribution is 2.39. The van der Waals surface area contributed by atoms with Crippen LogP contribution in [0.2, 0.25) is 5.02 Å². The Labute approximate surface area is 252 Å². The summed E-state index contributed by atoms with van der Waals surface area (Å²) in [6.07, 6.45) is 1.48. The number of aliphatic hydroxyl groups excluding tert-OH is 1. The molecule has 0 radical (unpaired) electrons. The first kappa shape index (κ1) is 28.4. The lowest BCUT2D eigenvalue weighted by Crippen LogP contribution is -2.22. The number of likely N-dealkylation sites (N-methyl/N-ethyl adjacent to an activating group) is 1. The van der Waals surface area contributed by atoms with E-state index >= 15 is 0 Å². The van der Waals surface area contributed by atoms with E-state index in [4.69, 9.17) is 25.5 Å². The van der Waals surface area contributed by atoms with Gasteiger partial charge in [-0.15, -0.1) is 0 Å². The van der Waals surface area contributed by atoms with Crippen LogP contribution in [-0.4, -0.2) is 40.2 Å². The Morgan fingerprint density at radius 1 is 0.930 bits per heavy atom. The zero-order valence-electron chi connectivity index (χ0n) is 23.4. The third kappa shape index (κ3) is 6.36. The standard InChI is InChI=1S/C34H28ClN3O5/c1-38(14-15-39)19-25-17-28(35)31(18-29(25)41-20-22-10-11-24-12-13-32(40)42-30(24)16-22)43-34-27-9-5-8-26(33(27)36-21-37-34)23-6-3-2-4-7-23/h2-13,16-18,21,39H,14-15,19-20H2,1H3. The average Bonchev–Trinajstić information content (AvgIpc) is 3.02. The fourth-order valence-electron chi connectivity index (χ4n) is 4.91. The largest absolute Gasteiger partial charge is 0.488 e. The van der Waals surface area contributed by atoms with Crippen LogP contribution in [0.5, 0.6) is 17.4 Å². The maximum Gasteiger partial charge on any atom is 0.336 e. The number of rotatable bonds is 10. The fraction of sp³-hybridized carbons (Fsp3) is 0.147. The highest BCUT2D eigenvalue weighted by molar-refractivity contribution is 6.32. The Bertz CT molecular complexity index is 1960. The first-order valence-corrected chi connectivity index (χ1v) is 14.1. The number of ether oxygens (including phenoxy) is 2. The molecule has 0 amide bonds. The molecule has 0 unspecified atom stereocenters. The minimum atomic E-state index is -0.410. The summed E-state index contributed by atoms with van der Waals surface area (Å²) in [5.74, 6) is 1.30. The molecule has 9 heteroatoms. The molecule has 0 aliphatic carbocycles. The van der Waals surface area contributed by atoms with Gasteiger partial charge in [-0.25, -0.2) is 14.8 Å². The molecule has 0 fully saturated rings. The second kappa shape index (κ2) is 12.6. The van der Waals surface area contributed by atoms with E-state index in [0.717, 1.165) is 38.5 Å². The molecule has 6 rings (SSSR count). The minimum absolute atomic E-state index is 0.0235. The van der Waals surface area contributed by atoms with Gasteiger partial charge >= 0.3 is 5.63 Å². The van der Waals surface area contributed by atoms with Gasteiger partial charge in [0.15, 0.2) is 5.75 Å². The van der Waals surface area contributed by atoms with Gasteiger partial charge in [-0.3, -0.25) is 4.90 Å². The van der Waals surface area contributed by atoms with E-state index in [0.29, 0.717) is 41.1 Å². The molecule has 43 heavy (non-hydrogen) atoms. The number of fused-ring (bicyclic) bond motifs is 2. The summed E-state index contributed by atoms with van der Waals surface area (Å²) >= 11 is 6.75. The van der Waals surface area contributed by atoms with E-state index in [2.05, 4.69) is 9.97 Å². The van der Waals surface area contributed by atoms with Gasteiger partial charge in [0.1, 0.15) is 24.3 Å². The van der Waals surface area contributed by atoms with Crippen molar-refractivity contribution >= 4 is 33.5 Å². The van der Waals surface area contributed by atoms with Crippen LogP contribution < -0.4 is 15.1 Å². The van der Waals surface area contributed by atoms with Crippen LogP contribution >= 0.6 is 11.6 Å². The van der Waals surface area contributed by atoms with Crippen molar-refractivity contribution in [2.24, 2.45) is 0 Å². The zero-order valence-corrected chi connectivity index (χ0v) is 24.1. The van der Waals surface area contributed by atoms with Crippen molar-refractivity contribution in [3.63, 3.8) is 0 Å². The van der Waals surface area contributed by atoms with Gasteiger partial charge in [0, 0.05) is 41.7 Å². The molecular weight excluding hydrogens is 566 g/mol. The number of halogens is 1. The number of hydrogen-bond acceptors (Lipinski definition) is 8. The molecule has 0 saturated carbocycles. The van der Waals surface area contributed by atoms with Crippen molar-refractivity contribution < 1.29 is 19.0 Å². The monoisotopic (exact) mass is 593 g/mol. The van der Waals surface area contributed by atoms with Gasteiger partial charge in [0.05, 0.1) is 22.5 Å². The van der Waals surface area contributed by atoms with Gasteiger partial charge in [-0.05, 0) is 42.4 Å². The topological polar surface area (TPSA) is 97.9 Å². The number of benzene rings is 4. The van der Waals surface area contributed by atoms with Crippen LogP contribution in [0.3, 0.4) is 0 Å². The van der Waals surface area contributed by atoms with E-state index in [1.165, 1.54) is 12.4 Å². The predicted octanol–water partition coefficient (Wildman–Crippen LogP) is 6.85. The summed E-state index contributed by atoms with van der Waals surface area (Å²) in [6, 6.07) is 28.2. The zero-order chi connectivity index (χ0) is 29.8. The quantitative estimate of drug-likeness (QED) is 0.172. The lowest BCUT2D eigenvalue weighted by molar-refractivity contribution is 0.214. The summed E-state index contributed by atoms with van der Waals surface area (Å²) in [6.45, 7) is 1.20. The molecule has 2 aromatic heterocycles. The van der Waals surface area contributed by atoms with Crippen LogP contribution in [0.4, 0.5) is 0 Å². The Morgan fingerprint density at radius 3 is 2.60 bits per heavy atom. The van der Waals surface area contributed by atoms with Gasteiger partial charge in [0.25, 0.3) is 0 Å². The Hall–Kier alpha value is -4.76. The Balaban J connectivity index is 1.34.